The van der Waals surface area contributed by atoms with Gasteiger partial charge >= 0.3 is 0 Å². The van der Waals surface area contributed by atoms with Crippen molar-refractivity contribution in [2.24, 2.45) is 0 Å². The molecule has 0 atom stereocenters. The average molecular weight is 414 g/mol. The summed E-state index contributed by atoms with van der Waals surface area (Å²) in [4.78, 5) is 12.6. The first-order chi connectivity index (χ1) is 14.1. The van der Waals surface area contributed by atoms with Crippen LogP contribution in [0.1, 0.15) is 58.4 Å². The Morgan fingerprint density at radius 1 is 1.28 bits per heavy atom. The Morgan fingerprint density at radius 2 is 2.03 bits per heavy atom. The summed E-state index contributed by atoms with van der Waals surface area (Å²) in [5.74, 6) is 1.63. The van der Waals surface area contributed by atoms with E-state index in [1.807, 2.05) is 48.2 Å². The fourth-order valence-corrected chi connectivity index (χ4v) is 4.72. The molecule has 0 aliphatic heterocycles. The lowest BCUT2D eigenvalue weighted by molar-refractivity contribution is 0.206. The van der Waals surface area contributed by atoms with Gasteiger partial charge in [-0.25, -0.2) is 0 Å². The number of aromatic nitrogens is 1. The van der Waals surface area contributed by atoms with E-state index in [1.54, 1.807) is 17.6 Å². The molecule has 0 N–H and O–H groups in total. The summed E-state index contributed by atoms with van der Waals surface area (Å²) >= 11 is 1.58. The molecule has 0 amide bonds. The number of ether oxygens (including phenoxy) is 2. The molecular formula is C24H31NO3S. The van der Waals surface area contributed by atoms with E-state index in [-0.39, 0.29) is 5.56 Å². The van der Waals surface area contributed by atoms with Crippen molar-refractivity contribution in [2.75, 3.05) is 13.2 Å². The van der Waals surface area contributed by atoms with E-state index < -0.39 is 0 Å². The maximum atomic E-state index is 12.6. The molecule has 0 unspecified atom stereocenters. The van der Waals surface area contributed by atoms with Gasteiger partial charge in [-0.2, -0.15) is 0 Å². The third-order valence-corrected chi connectivity index (χ3v) is 6.53. The van der Waals surface area contributed by atoms with E-state index in [9.17, 15) is 4.79 Å². The molecule has 1 heterocycles. The second kappa shape index (κ2) is 10.5. The zero-order valence-corrected chi connectivity index (χ0v) is 18.3. The molecule has 156 valence electrons. The Kier molecular flexibility index (Phi) is 7.76. The zero-order chi connectivity index (χ0) is 20.6. The van der Waals surface area contributed by atoms with E-state index >= 15 is 0 Å². The highest BCUT2D eigenvalue weighted by Crippen LogP contribution is 2.32. The van der Waals surface area contributed by atoms with Gasteiger partial charge in [-0.15, -0.1) is 0 Å². The van der Waals surface area contributed by atoms with E-state index in [0.29, 0.717) is 19.3 Å². The lowest BCUT2D eigenvalue weighted by atomic mass is 10.2. The third-order valence-electron chi connectivity index (χ3n) is 5.34. The molecule has 0 radical (unpaired) electrons. The Labute approximate surface area is 177 Å². The molecule has 29 heavy (non-hydrogen) atoms. The van der Waals surface area contributed by atoms with Crippen molar-refractivity contribution in [3.05, 3.63) is 64.7 Å². The maximum absolute atomic E-state index is 12.6. The number of allylic oxidation sites excluding steroid dienone is 4. The van der Waals surface area contributed by atoms with Gasteiger partial charge in [0.15, 0.2) is 0 Å². The van der Waals surface area contributed by atoms with E-state index in [4.69, 9.17) is 9.47 Å². The van der Waals surface area contributed by atoms with Crippen LogP contribution >= 0.6 is 11.5 Å². The van der Waals surface area contributed by atoms with Crippen LogP contribution in [0.4, 0.5) is 0 Å². The Morgan fingerprint density at radius 3 is 2.76 bits per heavy atom. The molecular weight excluding hydrogens is 382 g/mol. The monoisotopic (exact) mass is 413 g/mol. The molecule has 3 rings (SSSR count). The molecule has 1 aliphatic rings. The van der Waals surface area contributed by atoms with Gasteiger partial charge in [-0.3, -0.25) is 8.75 Å². The van der Waals surface area contributed by atoms with Crippen molar-refractivity contribution in [2.45, 2.75) is 58.4 Å². The molecule has 1 saturated carbocycles. The van der Waals surface area contributed by atoms with Crippen molar-refractivity contribution in [3.8, 4) is 5.75 Å². The fraction of sp³-hybridized carbons (Fsp3) is 0.458. The molecule has 0 saturated heterocycles. The average Bonchev–Trinajstić information content (AvgIpc) is 3.37. The zero-order valence-electron chi connectivity index (χ0n) is 17.5. The predicted octanol–water partition coefficient (Wildman–Crippen LogP) is 6.39. The molecule has 1 aromatic carbocycles. The SMILES string of the molecule is C=C/C(=C\C(C)=C/C)OCCCCOc1ccc2c(=O)n(C3CCCC3)sc2c1. The second-order valence-corrected chi connectivity index (χ2v) is 8.52. The third kappa shape index (κ3) is 5.63. The topological polar surface area (TPSA) is 40.5 Å². The number of fused-ring (bicyclic) bond motifs is 1. The second-order valence-electron chi connectivity index (χ2n) is 7.51. The van der Waals surface area contributed by atoms with Crippen molar-refractivity contribution in [1.29, 1.82) is 0 Å². The van der Waals surface area contributed by atoms with E-state index in [2.05, 4.69) is 6.58 Å². The summed E-state index contributed by atoms with van der Waals surface area (Å²) in [7, 11) is 0. The van der Waals surface area contributed by atoms with Gasteiger partial charge in [0.1, 0.15) is 11.5 Å². The van der Waals surface area contributed by atoms with Gasteiger partial charge < -0.3 is 9.47 Å². The van der Waals surface area contributed by atoms with Gasteiger partial charge in [-0.05, 0) is 69.9 Å². The summed E-state index contributed by atoms with van der Waals surface area (Å²) < 4.78 is 14.6. The van der Waals surface area contributed by atoms with Gasteiger partial charge in [0.05, 0.1) is 23.3 Å². The first kappa shape index (κ1) is 21.4. The summed E-state index contributed by atoms with van der Waals surface area (Å²) in [6.07, 6.45) is 12.3. The van der Waals surface area contributed by atoms with Gasteiger partial charge in [-0.1, -0.05) is 42.6 Å². The number of rotatable bonds is 10. The fourth-order valence-electron chi connectivity index (χ4n) is 3.54. The van der Waals surface area contributed by atoms with E-state index in [0.717, 1.165) is 52.9 Å². The Hall–Kier alpha value is -2.27. The van der Waals surface area contributed by atoms with Gasteiger partial charge in [0.2, 0.25) is 0 Å². The van der Waals surface area contributed by atoms with Crippen LogP contribution in [0.25, 0.3) is 10.1 Å². The molecule has 4 nitrogen and oxygen atoms in total. The van der Waals surface area contributed by atoms with Crippen LogP contribution in [0, 0.1) is 0 Å². The minimum Gasteiger partial charge on any atom is -0.494 e. The highest BCUT2D eigenvalue weighted by atomic mass is 32.1. The first-order valence-electron chi connectivity index (χ1n) is 10.5. The van der Waals surface area contributed by atoms with Crippen molar-refractivity contribution >= 4 is 21.6 Å². The van der Waals surface area contributed by atoms with Crippen molar-refractivity contribution < 1.29 is 9.47 Å². The largest absolute Gasteiger partial charge is 0.494 e. The number of hydrogen-bond donors (Lipinski definition) is 0. The maximum Gasteiger partial charge on any atom is 0.268 e. The lowest BCUT2D eigenvalue weighted by Gasteiger charge is -2.08. The van der Waals surface area contributed by atoms with Gasteiger partial charge in [0.25, 0.3) is 5.56 Å². The minimum absolute atomic E-state index is 0.153. The summed E-state index contributed by atoms with van der Waals surface area (Å²) in [6, 6.07) is 6.20. The van der Waals surface area contributed by atoms with Crippen molar-refractivity contribution in [3.63, 3.8) is 0 Å². The molecule has 0 spiro atoms. The highest BCUT2D eigenvalue weighted by molar-refractivity contribution is 7.13. The minimum atomic E-state index is 0.153. The standard InChI is InChI=1S/C24H31NO3S/c1-4-18(3)16-20(5-2)27-14-8-9-15-28-21-12-13-22-23(17-21)29-25(24(22)26)19-10-6-7-11-19/h4-5,12-13,16-17,19H,2,6-11,14-15H2,1,3H3/b18-4-,20-16+. The van der Waals surface area contributed by atoms with Crippen molar-refractivity contribution in [1.82, 2.24) is 3.96 Å². The lowest BCUT2D eigenvalue weighted by Crippen LogP contribution is -2.16. The van der Waals surface area contributed by atoms with Crippen LogP contribution in [-0.4, -0.2) is 17.2 Å². The molecule has 5 heteroatoms. The Balaban J connectivity index is 1.48. The normalized spacial score (nSPS) is 15.8. The van der Waals surface area contributed by atoms with Gasteiger partial charge in [0, 0.05) is 6.04 Å². The molecule has 1 aromatic heterocycles. The number of nitrogens with zero attached hydrogens (tertiary/aromatic N) is 1. The first-order valence-corrected chi connectivity index (χ1v) is 11.3. The molecule has 1 aliphatic carbocycles. The summed E-state index contributed by atoms with van der Waals surface area (Å²) in [5, 5.41) is 0.808. The van der Waals surface area contributed by atoms with Crippen LogP contribution in [0.15, 0.2) is 59.1 Å². The number of unbranched alkanes of at least 4 members (excludes halogenated alkanes) is 1. The summed E-state index contributed by atoms with van der Waals surface area (Å²) in [6.45, 7) is 9.11. The molecule has 2 aromatic rings. The van der Waals surface area contributed by atoms with Crippen LogP contribution < -0.4 is 10.3 Å². The number of hydrogen-bond acceptors (Lipinski definition) is 4. The highest BCUT2D eigenvalue weighted by Gasteiger charge is 2.21. The quantitative estimate of drug-likeness (QED) is 0.257. The Bertz CT molecular complexity index is 945. The van der Waals surface area contributed by atoms with Crippen LogP contribution in [0.5, 0.6) is 5.75 Å². The van der Waals surface area contributed by atoms with Crippen LogP contribution in [0.2, 0.25) is 0 Å². The molecule has 0 bridgehead atoms. The van der Waals surface area contributed by atoms with Crippen LogP contribution in [0.3, 0.4) is 0 Å². The van der Waals surface area contributed by atoms with E-state index in [1.165, 1.54) is 12.8 Å². The number of benzene rings is 1. The van der Waals surface area contributed by atoms with Crippen LogP contribution in [-0.2, 0) is 4.74 Å². The predicted molar refractivity (Wildman–Crippen MR) is 122 cm³/mol. The summed E-state index contributed by atoms with van der Waals surface area (Å²) in [5.41, 5.74) is 1.31. The smallest absolute Gasteiger partial charge is 0.268 e. The molecule has 1 fully saturated rings.